The predicted octanol–water partition coefficient (Wildman–Crippen LogP) is 3.78. The highest BCUT2D eigenvalue weighted by Crippen LogP contribution is 2.42. The van der Waals surface area contributed by atoms with Crippen LogP contribution in [0.15, 0.2) is 47.4 Å². The zero-order valence-corrected chi connectivity index (χ0v) is 17.2. The molecule has 2 aromatic rings. The van der Waals surface area contributed by atoms with Crippen molar-refractivity contribution in [1.82, 2.24) is 4.72 Å². The van der Waals surface area contributed by atoms with E-state index in [1.807, 2.05) is 31.2 Å². The van der Waals surface area contributed by atoms with Crippen molar-refractivity contribution in [2.24, 2.45) is 5.92 Å². The van der Waals surface area contributed by atoms with Crippen molar-refractivity contribution in [2.45, 2.75) is 44.6 Å². The molecule has 6 nitrogen and oxygen atoms in total. The van der Waals surface area contributed by atoms with Crippen molar-refractivity contribution in [3.63, 3.8) is 0 Å². The number of hydrogen-bond donors (Lipinski definition) is 2. The number of rotatable bonds is 8. The van der Waals surface area contributed by atoms with Crippen molar-refractivity contribution in [2.75, 3.05) is 11.9 Å². The zero-order chi connectivity index (χ0) is 20.3. The lowest BCUT2D eigenvalue weighted by Crippen LogP contribution is -2.30. The van der Waals surface area contributed by atoms with Gasteiger partial charge in [0.05, 0.1) is 6.61 Å². The molecule has 0 aliphatic heterocycles. The van der Waals surface area contributed by atoms with E-state index in [1.165, 1.54) is 13.0 Å². The SMILES string of the molecule is CCOc1ccc(NC(C)=O)cc1S(=O)(=O)N[C@@H](c1ccc(C)cc1)C1CC1. The van der Waals surface area contributed by atoms with Gasteiger partial charge in [0, 0.05) is 18.7 Å². The lowest BCUT2D eigenvalue weighted by Gasteiger charge is -2.21. The van der Waals surface area contributed by atoms with Gasteiger partial charge in [-0.15, -0.1) is 0 Å². The maximum Gasteiger partial charge on any atom is 0.244 e. The molecule has 1 saturated carbocycles. The number of anilines is 1. The molecular formula is C21H26N2O4S. The number of sulfonamides is 1. The third-order valence-corrected chi connectivity index (χ3v) is 6.13. The number of carbonyl (C=O) groups is 1. The molecule has 1 aliphatic carbocycles. The van der Waals surface area contributed by atoms with Crippen LogP contribution in [0, 0.1) is 12.8 Å². The molecule has 0 aromatic heterocycles. The summed E-state index contributed by atoms with van der Waals surface area (Å²) in [5.41, 5.74) is 2.49. The van der Waals surface area contributed by atoms with E-state index >= 15 is 0 Å². The van der Waals surface area contributed by atoms with E-state index in [-0.39, 0.29) is 28.5 Å². The first-order valence-corrected chi connectivity index (χ1v) is 10.9. The minimum absolute atomic E-state index is 0.0263. The van der Waals surface area contributed by atoms with Gasteiger partial charge in [0.25, 0.3) is 0 Å². The molecule has 0 saturated heterocycles. The second kappa shape index (κ2) is 8.32. The molecule has 150 valence electrons. The number of carbonyl (C=O) groups excluding carboxylic acids is 1. The fourth-order valence-electron chi connectivity index (χ4n) is 3.14. The first-order chi connectivity index (χ1) is 13.3. The molecule has 1 fully saturated rings. The Morgan fingerprint density at radius 3 is 2.43 bits per heavy atom. The monoisotopic (exact) mass is 402 g/mol. The summed E-state index contributed by atoms with van der Waals surface area (Å²) < 4.78 is 34.9. The van der Waals surface area contributed by atoms with E-state index in [1.54, 1.807) is 19.1 Å². The molecule has 1 atom stereocenters. The molecule has 0 radical (unpaired) electrons. The smallest absolute Gasteiger partial charge is 0.244 e. The minimum atomic E-state index is -3.86. The average Bonchev–Trinajstić information content (AvgIpc) is 3.46. The maximum atomic E-state index is 13.2. The normalized spacial score (nSPS) is 15.1. The molecule has 0 spiro atoms. The van der Waals surface area contributed by atoms with Crippen LogP contribution in [-0.4, -0.2) is 20.9 Å². The van der Waals surface area contributed by atoms with E-state index in [2.05, 4.69) is 10.0 Å². The Balaban J connectivity index is 1.95. The lowest BCUT2D eigenvalue weighted by atomic mass is 10.0. The number of benzene rings is 2. The summed E-state index contributed by atoms with van der Waals surface area (Å²) in [4.78, 5) is 11.4. The molecule has 2 N–H and O–H groups in total. The summed E-state index contributed by atoms with van der Waals surface area (Å²) in [7, 11) is -3.86. The minimum Gasteiger partial charge on any atom is -0.492 e. The van der Waals surface area contributed by atoms with Gasteiger partial charge in [-0.05, 0) is 56.4 Å². The van der Waals surface area contributed by atoms with Gasteiger partial charge < -0.3 is 10.1 Å². The summed E-state index contributed by atoms with van der Waals surface area (Å²) >= 11 is 0. The summed E-state index contributed by atoms with van der Waals surface area (Å²) in [5.74, 6) is 0.282. The van der Waals surface area contributed by atoms with Crippen molar-refractivity contribution in [3.8, 4) is 5.75 Å². The van der Waals surface area contributed by atoms with E-state index < -0.39 is 10.0 Å². The molecule has 0 heterocycles. The Morgan fingerprint density at radius 2 is 1.86 bits per heavy atom. The quantitative estimate of drug-likeness (QED) is 0.704. The molecule has 2 aromatic carbocycles. The Labute approximate surface area is 166 Å². The predicted molar refractivity (Wildman–Crippen MR) is 109 cm³/mol. The first kappa shape index (κ1) is 20.4. The molecule has 7 heteroatoms. The summed E-state index contributed by atoms with van der Waals surface area (Å²) in [6.45, 7) is 5.52. The van der Waals surface area contributed by atoms with Crippen LogP contribution in [0.1, 0.15) is 43.9 Å². The van der Waals surface area contributed by atoms with Crippen molar-refractivity contribution in [3.05, 3.63) is 53.6 Å². The van der Waals surface area contributed by atoms with Crippen LogP contribution in [0.5, 0.6) is 5.75 Å². The topological polar surface area (TPSA) is 84.5 Å². The van der Waals surface area contributed by atoms with Gasteiger partial charge in [0.1, 0.15) is 10.6 Å². The van der Waals surface area contributed by atoms with Crippen LogP contribution in [0.2, 0.25) is 0 Å². The van der Waals surface area contributed by atoms with E-state index in [9.17, 15) is 13.2 Å². The average molecular weight is 403 g/mol. The third-order valence-electron chi connectivity index (χ3n) is 4.67. The molecular weight excluding hydrogens is 376 g/mol. The van der Waals surface area contributed by atoms with Crippen molar-refractivity contribution in [1.29, 1.82) is 0 Å². The van der Waals surface area contributed by atoms with Crippen LogP contribution >= 0.6 is 0 Å². The van der Waals surface area contributed by atoms with Gasteiger partial charge in [-0.25, -0.2) is 13.1 Å². The van der Waals surface area contributed by atoms with Crippen molar-refractivity contribution >= 4 is 21.6 Å². The summed E-state index contributed by atoms with van der Waals surface area (Å²) in [6.07, 6.45) is 1.98. The van der Waals surface area contributed by atoms with Crippen LogP contribution < -0.4 is 14.8 Å². The Hall–Kier alpha value is -2.38. The number of aryl methyl sites for hydroxylation is 1. The van der Waals surface area contributed by atoms with Gasteiger partial charge >= 0.3 is 0 Å². The van der Waals surface area contributed by atoms with Crippen molar-refractivity contribution < 1.29 is 17.9 Å². The zero-order valence-electron chi connectivity index (χ0n) is 16.4. The highest BCUT2D eigenvalue weighted by molar-refractivity contribution is 7.89. The molecule has 0 unspecified atom stereocenters. The number of hydrogen-bond acceptors (Lipinski definition) is 4. The summed E-state index contributed by atoms with van der Waals surface area (Å²) in [6, 6.07) is 12.3. The van der Waals surface area contributed by atoms with Crippen LogP contribution in [0.25, 0.3) is 0 Å². The standard InChI is InChI=1S/C21H26N2O4S/c1-4-27-19-12-11-18(22-15(3)24)13-20(19)28(25,26)23-21(17-9-10-17)16-7-5-14(2)6-8-16/h5-8,11-13,17,21,23H,4,9-10H2,1-3H3,(H,22,24)/t21-/m0/s1. The maximum absolute atomic E-state index is 13.2. The highest BCUT2D eigenvalue weighted by atomic mass is 32.2. The second-order valence-corrected chi connectivity index (χ2v) is 8.81. The highest BCUT2D eigenvalue weighted by Gasteiger charge is 2.36. The van der Waals surface area contributed by atoms with Crippen LogP contribution in [0.3, 0.4) is 0 Å². The Kier molecular flexibility index (Phi) is 6.05. The number of nitrogens with one attached hydrogen (secondary N) is 2. The van der Waals surface area contributed by atoms with E-state index in [4.69, 9.17) is 4.74 Å². The largest absolute Gasteiger partial charge is 0.492 e. The molecule has 28 heavy (non-hydrogen) atoms. The van der Waals surface area contributed by atoms with Gasteiger partial charge in [-0.1, -0.05) is 29.8 Å². The lowest BCUT2D eigenvalue weighted by molar-refractivity contribution is -0.114. The fraction of sp³-hybridized carbons (Fsp3) is 0.381. The van der Waals surface area contributed by atoms with E-state index in [0.29, 0.717) is 12.3 Å². The Morgan fingerprint density at radius 1 is 1.18 bits per heavy atom. The number of ether oxygens (including phenoxy) is 1. The summed E-state index contributed by atoms with van der Waals surface area (Å²) in [5, 5.41) is 2.63. The van der Waals surface area contributed by atoms with Gasteiger partial charge in [0.2, 0.25) is 15.9 Å². The molecule has 3 rings (SSSR count). The van der Waals surface area contributed by atoms with Gasteiger partial charge in [-0.2, -0.15) is 0 Å². The molecule has 1 amide bonds. The van der Waals surface area contributed by atoms with Gasteiger partial charge in [-0.3, -0.25) is 4.79 Å². The molecule has 1 aliphatic rings. The van der Waals surface area contributed by atoms with E-state index in [0.717, 1.165) is 24.0 Å². The third kappa shape index (κ3) is 4.91. The first-order valence-electron chi connectivity index (χ1n) is 9.43. The Bertz CT molecular complexity index is 951. The fourth-order valence-corrected chi connectivity index (χ4v) is 4.61. The van der Waals surface area contributed by atoms with Crippen LogP contribution in [-0.2, 0) is 14.8 Å². The second-order valence-electron chi connectivity index (χ2n) is 7.12. The molecule has 0 bridgehead atoms. The van der Waals surface area contributed by atoms with Gasteiger partial charge in [0.15, 0.2) is 0 Å². The number of amides is 1. The van der Waals surface area contributed by atoms with Crippen LogP contribution in [0.4, 0.5) is 5.69 Å².